The summed E-state index contributed by atoms with van der Waals surface area (Å²) >= 11 is 0. The van der Waals surface area contributed by atoms with Crippen LogP contribution >= 0.6 is 0 Å². The van der Waals surface area contributed by atoms with Crippen LogP contribution in [0.25, 0.3) is 0 Å². The van der Waals surface area contributed by atoms with Gasteiger partial charge in [-0.15, -0.1) is 0 Å². The number of nitrogens with zero attached hydrogens (tertiary/aromatic N) is 2. The zero-order valence-corrected chi connectivity index (χ0v) is 18.0. The molecule has 0 aromatic heterocycles. The number of benzene rings is 2. The Morgan fingerprint density at radius 2 is 1.06 bits per heavy atom. The average molecular weight is 478 g/mol. The zero-order chi connectivity index (χ0) is 24.8. The van der Waals surface area contributed by atoms with Crippen molar-refractivity contribution in [3.63, 3.8) is 0 Å². The first-order valence-corrected chi connectivity index (χ1v) is 10.1. The summed E-state index contributed by atoms with van der Waals surface area (Å²) in [6.45, 7) is 0.689. The van der Waals surface area contributed by atoms with Crippen molar-refractivity contribution in [3.8, 4) is 11.5 Å². The molecule has 0 saturated carbocycles. The Labute approximate surface area is 193 Å². The molecule has 0 saturated heterocycles. The van der Waals surface area contributed by atoms with E-state index in [-0.39, 0.29) is 42.7 Å². The maximum Gasteiger partial charge on any atom is 0.513 e. The number of carbonyl (C=O) groups excluding carboxylic acids is 2. The number of nitro benzene ring substituents is 2. The van der Waals surface area contributed by atoms with Crippen molar-refractivity contribution in [1.82, 2.24) is 0 Å². The second-order valence-corrected chi connectivity index (χ2v) is 6.58. The molecule has 0 fully saturated rings. The summed E-state index contributed by atoms with van der Waals surface area (Å²) in [6, 6.07) is 10.0. The molecule has 0 aliphatic carbocycles. The second-order valence-electron chi connectivity index (χ2n) is 6.58. The highest BCUT2D eigenvalue weighted by Crippen LogP contribution is 2.18. The molecule has 0 amide bonds. The molecule has 0 unspecified atom stereocenters. The number of carbonyl (C=O) groups is 2. The predicted octanol–water partition coefficient (Wildman–Crippen LogP) is 4.42. The SMILES string of the molecule is O=C(OCCCCCOCCOC(=O)Oc1ccc([N+](=O)[O-])cc1)Oc1ccc([N+](=O)[O-])cc1. The van der Waals surface area contributed by atoms with Crippen LogP contribution in [-0.2, 0) is 14.2 Å². The summed E-state index contributed by atoms with van der Waals surface area (Å²) < 4.78 is 24.9. The molecular weight excluding hydrogens is 456 g/mol. The molecule has 2 aromatic carbocycles. The molecule has 0 bridgehead atoms. The molecule has 34 heavy (non-hydrogen) atoms. The van der Waals surface area contributed by atoms with Gasteiger partial charge in [0.25, 0.3) is 11.4 Å². The molecule has 0 spiro atoms. The van der Waals surface area contributed by atoms with Gasteiger partial charge in [-0.3, -0.25) is 20.2 Å². The number of rotatable bonds is 13. The Hall–Kier alpha value is -4.26. The highest BCUT2D eigenvalue weighted by Gasteiger charge is 2.10. The lowest BCUT2D eigenvalue weighted by Crippen LogP contribution is -2.15. The Kier molecular flexibility index (Phi) is 10.7. The highest BCUT2D eigenvalue weighted by atomic mass is 16.7. The van der Waals surface area contributed by atoms with Crippen molar-refractivity contribution in [2.45, 2.75) is 19.3 Å². The molecule has 0 N–H and O–H groups in total. The summed E-state index contributed by atoms with van der Waals surface area (Å²) in [6.07, 6.45) is 0.136. The third kappa shape index (κ3) is 9.91. The van der Waals surface area contributed by atoms with Crippen molar-refractivity contribution < 1.29 is 43.1 Å². The maximum absolute atomic E-state index is 11.6. The van der Waals surface area contributed by atoms with Gasteiger partial charge in [-0.25, -0.2) is 9.59 Å². The molecule has 13 heteroatoms. The van der Waals surface area contributed by atoms with Gasteiger partial charge in [0, 0.05) is 30.9 Å². The number of non-ortho nitro benzene ring substituents is 2. The van der Waals surface area contributed by atoms with Gasteiger partial charge in [-0.1, -0.05) is 0 Å². The molecule has 0 aliphatic rings. The molecule has 0 aliphatic heterocycles. The third-order valence-corrected chi connectivity index (χ3v) is 4.10. The third-order valence-electron chi connectivity index (χ3n) is 4.10. The van der Waals surface area contributed by atoms with E-state index < -0.39 is 22.2 Å². The molecular formula is C21H22N2O11. The predicted molar refractivity (Wildman–Crippen MR) is 115 cm³/mol. The van der Waals surface area contributed by atoms with E-state index in [9.17, 15) is 29.8 Å². The maximum atomic E-state index is 11.6. The number of nitro groups is 2. The van der Waals surface area contributed by atoms with Crippen molar-refractivity contribution in [1.29, 1.82) is 0 Å². The number of hydrogen-bond donors (Lipinski definition) is 0. The highest BCUT2D eigenvalue weighted by molar-refractivity contribution is 5.64. The van der Waals surface area contributed by atoms with E-state index in [0.717, 1.165) is 0 Å². The van der Waals surface area contributed by atoms with Gasteiger partial charge in [0.15, 0.2) is 0 Å². The Morgan fingerprint density at radius 3 is 1.53 bits per heavy atom. The smallest absolute Gasteiger partial charge is 0.434 e. The van der Waals surface area contributed by atoms with E-state index in [0.29, 0.717) is 25.9 Å². The molecule has 2 rings (SSSR count). The normalized spacial score (nSPS) is 10.2. The average Bonchev–Trinajstić information content (AvgIpc) is 2.81. The summed E-state index contributed by atoms with van der Waals surface area (Å²) in [4.78, 5) is 43.1. The molecule has 0 radical (unpaired) electrons. The minimum absolute atomic E-state index is 0.0244. The van der Waals surface area contributed by atoms with Gasteiger partial charge < -0.3 is 23.7 Å². The molecule has 0 heterocycles. The first kappa shape index (κ1) is 26.0. The van der Waals surface area contributed by atoms with E-state index in [1.807, 2.05) is 0 Å². The van der Waals surface area contributed by atoms with Crippen LogP contribution in [0, 0.1) is 20.2 Å². The summed E-state index contributed by atoms with van der Waals surface area (Å²) in [7, 11) is 0. The van der Waals surface area contributed by atoms with Crippen LogP contribution in [0.5, 0.6) is 11.5 Å². The Morgan fingerprint density at radius 1 is 0.618 bits per heavy atom. The number of hydrogen-bond acceptors (Lipinski definition) is 11. The van der Waals surface area contributed by atoms with Crippen LogP contribution in [0.15, 0.2) is 48.5 Å². The van der Waals surface area contributed by atoms with Crippen molar-refractivity contribution in [3.05, 3.63) is 68.8 Å². The first-order valence-electron chi connectivity index (χ1n) is 10.1. The number of ether oxygens (including phenoxy) is 5. The van der Waals surface area contributed by atoms with Crippen molar-refractivity contribution >= 4 is 23.7 Å². The van der Waals surface area contributed by atoms with Crippen LogP contribution in [-0.4, -0.2) is 48.6 Å². The van der Waals surface area contributed by atoms with Crippen molar-refractivity contribution in [2.75, 3.05) is 26.4 Å². The fourth-order valence-electron chi connectivity index (χ4n) is 2.45. The molecule has 182 valence electrons. The summed E-state index contributed by atoms with van der Waals surface area (Å²) in [5.41, 5.74) is -0.237. The van der Waals surface area contributed by atoms with Gasteiger partial charge in [-0.2, -0.15) is 0 Å². The minimum Gasteiger partial charge on any atom is -0.434 e. The van der Waals surface area contributed by atoms with E-state index in [1.165, 1.54) is 48.5 Å². The van der Waals surface area contributed by atoms with E-state index in [4.69, 9.17) is 23.7 Å². The topological polar surface area (TPSA) is 167 Å². The van der Waals surface area contributed by atoms with E-state index >= 15 is 0 Å². The van der Waals surface area contributed by atoms with Gasteiger partial charge in [0.05, 0.1) is 23.1 Å². The van der Waals surface area contributed by atoms with Crippen LogP contribution in [0.3, 0.4) is 0 Å². The zero-order valence-electron chi connectivity index (χ0n) is 18.0. The van der Waals surface area contributed by atoms with E-state index in [2.05, 4.69) is 0 Å². The largest absolute Gasteiger partial charge is 0.513 e. The van der Waals surface area contributed by atoms with Crippen molar-refractivity contribution in [2.24, 2.45) is 0 Å². The summed E-state index contributed by atoms with van der Waals surface area (Å²) in [5.74, 6) is 0.262. The summed E-state index contributed by atoms with van der Waals surface area (Å²) in [5, 5.41) is 21.1. The van der Waals surface area contributed by atoms with Gasteiger partial charge in [0.2, 0.25) is 0 Å². The standard InChI is InChI=1S/C21H22N2O11/c24-20(33-18-8-4-16(5-9-18)22(26)27)31-13-3-1-2-12-30-14-15-32-21(25)34-19-10-6-17(7-11-19)23(28)29/h4-11H,1-3,12-15H2. The van der Waals surface area contributed by atoms with Crippen LogP contribution in [0.2, 0.25) is 0 Å². The lowest BCUT2D eigenvalue weighted by Gasteiger charge is -2.07. The van der Waals surface area contributed by atoms with Gasteiger partial charge in [-0.05, 0) is 43.5 Å². The van der Waals surface area contributed by atoms with Crippen LogP contribution < -0.4 is 9.47 Å². The molecule has 2 aromatic rings. The quantitative estimate of drug-likeness (QED) is 0.131. The lowest BCUT2D eigenvalue weighted by molar-refractivity contribution is -0.385. The molecule has 0 atom stereocenters. The monoisotopic (exact) mass is 478 g/mol. The minimum atomic E-state index is -0.949. The Balaban J connectivity index is 1.44. The molecule has 13 nitrogen and oxygen atoms in total. The lowest BCUT2D eigenvalue weighted by atomic mass is 10.2. The number of unbranched alkanes of at least 4 members (excludes halogenated alkanes) is 2. The Bertz CT molecular complexity index is 882. The van der Waals surface area contributed by atoms with Crippen LogP contribution in [0.1, 0.15) is 19.3 Å². The fraction of sp³-hybridized carbons (Fsp3) is 0.333. The second kappa shape index (κ2) is 14.0. The van der Waals surface area contributed by atoms with E-state index in [1.54, 1.807) is 0 Å². The van der Waals surface area contributed by atoms with Crippen LogP contribution in [0.4, 0.5) is 21.0 Å². The first-order chi connectivity index (χ1) is 16.3. The van der Waals surface area contributed by atoms with Gasteiger partial charge >= 0.3 is 12.3 Å². The fourth-order valence-corrected chi connectivity index (χ4v) is 2.45. The van der Waals surface area contributed by atoms with Gasteiger partial charge in [0.1, 0.15) is 18.1 Å².